The second-order valence-corrected chi connectivity index (χ2v) is 8.56. The predicted molar refractivity (Wildman–Crippen MR) is 96.3 cm³/mol. The van der Waals surface area contributed by atoms with Crippen LogP contribution in [0.25, 0.3) is 0 Å². The lowest BCUT2D eigenvalue weighted by molar-refractivity contribution is 0.0827. The summed E-state index contributed by atoms with van der Waals surface area (Å²) in [6.07, 6.45) is 0. The van der Waals surface area contributed by atoms with Crippen molar-refractivity contribution < 1.29 is 31.9 Å². The molecule has 0 fully saturated rings. The zero-order chi connectivity index (χ0) is 20.5. The van der Waals surface area contributed by atoms with E-state index in [9.17, 15) is 18.0 Å². The lowest BCUT2D eigenvalue weighted by Gasteiger charge is -2.18. The molecule has 28 heavy (non-hydrogen) atoms. The Morgan fingerprint density at radius 2 is 1.64 bits per heavy atom. The van der Waals surface area contributed by atoms with Gasteiger partial charge < -0.3 is 13.9 Å². The van der Waals surface area contributed by atoms with Crippen LogP contribution in [0.3, 0.4) is 0 Å². The monoisotopic (exact) mass is 409 g/mol. The highest BCUT2D eigenvalue weighted by molar-refractivity contribution is 7.89. The molecule has 10 nitrogen and oxygen atoms in total. The minimum atomic E-state index is -3.92. The van der Waals surface area contributed by atoms with Crippen LogP contribution in [0, 0.1) is 0 Å². The van der Waals surface area contributed by atoms with Gasteiger partial charge in [0.15, 0.2) is 17.3 Å². The summed E-state index contributed by atoms with van der Waals surface area (Å²) in [5.74, 6) is -0.744. The standard InChI is InChI=1S/C17H19N3O7S/c1-17(2,3)20-28(23,24)14-7-6-12(27-14)16(22)19-18-15(21)10-4-5-11-13(8-10)26-9-25-11/h4-8,20H,9H2,1-3H3,(H,18,21)(H,19,22). The van der Waals surface area contributed by atoms with Crippen molar-refractivity contribution in [3.63, 3.8) is 0 Å². The van der Waals surface area contributed by atoms with Crippen molar-refractivity contribution in [1.82, 2.24) is 15.6 Å². The van der Waals surface area contributed by atoms with E-state index in [1.807, 2.05) is 0 Å². The van der Waals surface area contributed by atoms with E-state index in [0.29, 0.717) is 11.5 Å². The molecular weight excluding hydrogens is 390 g/mol. The first kappa shape index (κ1) is 19.7. The summed E-state index contributed by atoms with van der Waals surface area (Å²) >= 11 is 0. The molecule has 2 aromatic rings. The van der Waals surface area contributed by atoms with E-state index in [-0.39, 0.29) is 18.1 Å². The quantitative estimate of drug-likeness (QED) is 0.645. The van der Waals surface area contributed by atoms with E-state index in [1.54, 1.807) is 26.8 Å². The molecule has 1 aromatic heterocycles. The van der Waals surface area contributed by atoms with Gasteiger partial charge in [-0.15, -0.1) is 0 Å². The van der Waals surface area contributed by atoms with Gasteiger partial charge in [0.2, 0.25) is 11.9 Å². The van der Waals surface area contributed by atoms with Gasteiger partial charge in [-0.05, 0) is 51.1 Å². The van der Waals surface area contributed by atoms with Crippen molar-refractivity contribution in [2.24, 2.45) is 0 Å². The number of carbonyl (C=O) groups excluding carboxylic acids is 2. The van der Waals surface area contributed by atoms with Gasteiger partial charge in [-0.25, -0.2) is 13.1 Å². The molecular formula is C17H19N3O7S. The molecule has 1 aliphatic heterocycles. The van der Waals surface area contributed by atoms with Crippen LogP contribution in [0.1, 0.15) is 41.7 Å². The number of fused-ring (bicyclic) bond motifs is 1. The van der Waals surface area contributed by atoms with Crippen LogP contribution in [0.5, 0.6) is 11.5 Å². The number of hydrogen-bond acceptors (Lipinski definition) is 7. The number of nitrogens with one attached hydrogen (secondary N) is 3. The summed E-state index contributed by atoms with van der Waals surface area (Å²) in [5.41, 5.74) is 3.90. The molecule has 150 valence electrons. The zero-order valence-corrected chi connectivity index (χ0v) is 16.2. The first-order chi connectivity index (χ1) is 13.0. The van der Waals surface area contributed by atoms with Gasteiger partial charge in [0.1, 0.15) is 0 Å². The van der Waals surface area contributed by atoms with E-state index in [4.69, 9.17) is 13.9 Å². The molecule has 0 radical (unpaired) electrons. The van der Waals surface area contributed by atoms with E-state index >= 15 is 0 Å². The molecule has 0 saturated heterocycles. The highest BCUT2D eigenvalue weighted by Gasteiger charge is 2.26. The van der Waals surface area contributed by atoms with Crippen molar-refractivity contribution in [3.05, 3.63) is 41.7 Å². The molecule has 0 bridgehead atoms. The van der Waals surface area contributed by atoms with Crippen molar-refractivity contribution in [1.29, 1.82) is 0 Å². The Morgan fingerprint density at radius 1 is 0.964 bits per heavy atom. The molecule has 0 unspecified atom stereocenters. The average molecular weight is 409 g/mol. The molecule has 0 atom stereocenters. The van der Waals surface area contributed by atoms with Gasteiger partial charge >= 0.3 is 5.91 Å². The number of furan rings is 1. The number of hydrazine groups is 1. The molecule has 0 aliphatic carbocycles. The molecule has 3 rings (SSSR count). The first-order valence-corrected chi connectivity index (χ1v) is 9.68. The number of rotatable bonds is 4. The Morgan fingerprint density at radius 3 is 2.36 bits per heavy atom. The predicted octanol–water partition coefficient (Wildman–Crippen LogP) is 1.16. The second kappa shape index (κ2) is 7.17. The highest BCUT2D eigenvalue weighted by Crippen LogP contribution is 2.32. The molecule has 3 N–H and O–H groups in total. The third kappa shape index (κ3) is 4.43. The number of sulfonamides is 1. The third-order valence-electron chi connectivity index (χ3n) is 3.43. The number of benzene rings is 1. The topological polar surface area (TPSA) is 136 Å². The third-order valence-corrected chi connectivity index (χ3v) is 5.07. The largest absolute Gasteiger partial charge is 0.454 e. The normalized spacial score (nSPS) is 13.2. The zero-order valence-electron chi connectivity index (χ0n) is 15.4. The van der Waals surface area contributed by atoms with Gasteiger partial charge in [0, 0.05) is 11.1 Å². The van der Waals surface area contributed by atoms with E-state index in [1.165, 1.54) is 18.2 Å². The summed E-state index contributed by atoms with van der Waals surface area (Å²) in [6, 6.07) is 6.90. The Kier molecular flexibility index (Phi) is 5.04. The molecule has 2 heterocycles. The Bertz CT molecular complexity index is 1020. The lowest BCUT2D eigenvalue weighted by atomic mass is 10.1. The van der Waals surface area contributed by atoms with E-state index < -0.39 is 32.5 Å². The molecule has 11 heteroatoms. The Hall–Kier alpha value is -3.05. The van der Waals surface area contributed by atoms with E-state index in [0.717, 1.165) is 6.07 Å². The summed E-state index contributed by atoms with van der Waals surface area (Å²) < 4.78 is 42.3. The van der Waals surface area contributed by atoms with Crippen molar-refractivity contribution in [2.75, 3.05) is 6.79 Å². The van der Waals surface area contributed by atoms with Crippen molar-refractivity contribution in [3.8, 4) is 11.5 Å². The van der Waals surface area contributed by atoms with Gasteiger partial charge in [0.25, 0.3) is 15.9 Å². The Balaban J connectivity index is 1.63. The smallest absolute Gasteiger partial charge is 0.305 e. The summed E-state index contributed by atoms with van der Waals surface area (Å²) in [6.45, 7) is 5.09. The first-order valence-electron chi connectivity index (χ1n) is 8.19. The molecule has 0 spiro atoms. The van der Waals surface area contributed by atoms with Crippen molar-refractivity contribution in [2.45, 2.75) is 31.4 Å². The second-order valence-electron chi connectivity index (χ2n) is 6.95. The maximum atomic E-state index is 12.2. The lowest BCUT2D eigenvalue weighted by Crippen LogP contribution is -2.41. The Labute approximate surface area is 161 Å². The summed E-state index contributed by atoms with van der Waals surface area (Å²) in [7, 11) is -3.92. The van der Waals surface area contributed by atoms with E-state index in [2.05, 4.69) is 15.6 Å². The van der Waals surface area contributed by atoms with Crippen LogP contribution in [0.4, 0.5) is 0 Å². The number of ether oxygens (including phenoxy) is 2. The van der Waals surface area contributed by atoms with Crippen molar-refractivity contribution >= 4 is 21.8 Å². The maximum absolute atomic E-state index is 12.2. The fraction of sp³-hybridized carbons (Fsp3) is 0.294. The van der Waals surface area contributed by atoms with Crippen LogP contribution >= 0.6 is 0 Å². The van der Waals surface area contributed by atoms with Crippen LogP contribution in [0.15, 0.2) is 39.8 Å². The van der Waals surface area contributed by atoms with Crippen LogP contribution in [-0.4, -0.2) is 32.6 Å². The van der Waals surface area contributed by atoms with Gasteiger partial charge in [-0.3, -0.25) is 20.4 Å². The highest BCUT2D eigenvalue weighted by atomic mass is 32.2. The van der Waals surface area contributed by atoms with Gasteiger partial charge in [-0.2, -0.15) is 0 Å². The van der Waals surface area contributed by atoms with Crippen LogP contribution in [-0.2, 0) is 10.0 Å². The SMILES string of the molecule is CC(C)(C)NS(=O)(=O)c1ccc(C(=O)NNC(=O)c2ccc3c(c2)OCO3)o1. The fourth-order valence-electron chi connectivity index (χ4n) is 2.33. The molecule has 0 saturated carbocycles. The minimum Gasteiger partial charge on any atom is -0.454 e. The maximum Gasteiger partial charge on any atom is 0.305 e. The fourth-order valence-corrected chi connectivity index (χ4v) is 3.68. The summed E-state index contributed by atoms with van der Waals surface area (Å²) in [5, 5.41) is -0.408. The molecule has 1 aromatic carbocycles. The molecule has 2 amide bonds. The van der Waals surface area contributed by atoms with Gasteiger partial charge in [-0.1, -0.05) is 0 Å². The molecule has 1 aliphatic rings. The summed E-state index contributed by atoms with van der Waals surface area (Å²) in [4.78, 5) is 24.3. The number of hydrogen-bond donors (Lipinski definition) is 3. The van der Waals surface area contributed by atoms with Gasteiger partial charge in [0.05, 0.1) is 0 Å². The average Bonchev–Trinajstić information content (AvgIpc) is 3.25. The number of amides is 2. The van der Waals surface area contributed by atoms with Crippen LogP contribution < -0.4 is 25.0 Å². The minimum absolute atomic E-state index is 0.0744. The van der Waals surface area contributed by atoms with Crippen LogP contribution in [0.2, 0.25) is 0 Å². The number of carbonyl (C=O) groups is 2.